The number of fused-ring (bicyclic) bond motifs is 1. The van der Waals surface area contributed by atoms with Crippen LogP contribution in [0.5, 0.6) is 0 Å². The summed E-state index contributed by atoms with van der Waals surface area (Å²) in [6.07, 6.45) is 8.55. The maximum Gasteiger partial charge on any atom is 0.126 e. The summed E-state index contributed by atoms with van der Waals surface area (Å²) in [6, 6.07) is 6.55. The number of rotatable bonds is 2. The largest absolute Gasteiger partial charge is 0.307 e. The Kier molecular flexibility index (Phi) is 3.88. The Balaban J connectivity index is 1.67. The van der Waals surface area contributed by atoms with Crippen LogP contribution in [0.1, 0.15) is 62.6 Å². The molecular weight excluding hydrogens is 237 g/mol. The molecule has 2 aliphatic rings. The summed E-state index contributed by atoms with van der Waals surface area (Å²) >= 11 is 0. The zero-order valence-electron chi connectivity index (χ0n) is 11.8. The maximum absolute atomic E-state index is 13.7. The van der Waals surface area contributed by atoms with Crippen molar-refractivity contribution in [2.75, 3.05) is 0 Å². The average molecular weight is 261 g/mol. The van der Waals surface area contributed by atoms with Crippen molar-refractivity contribution in [3.8, 4) is 0 Å². The van der Waals surface area contributed by atoms with Crippen molar-refractivity contribution in [1.29, 1.82) is 0 Å². The highest BCUT2D eigenvalue weighted by Gasteiger charge is 2.27. The van der Waals surface area contributed by atoms with Crippen LogP contribution in [0, 0.1) is 11.7 Å². The van der Waals surface area contributed by atoms with Crippen molar-refractivity contribution < 1.29 is 4.39 Å². The molecule has 0 radical (unpaired) electrons. The molecule has 0 bridgehead atoms. The second kappa shape index (κ2) is 5.62. The minimum absolute atomic E-state index is 0.0173. The quantitative estimate of drug-likeness (QED) is 0.779. The van der Waals surface area contributed by atoms with Crippen molar-refractivity contribution >= 4 is 0 Å². The summed E-state index contributed by atoms with van der Waals surface area (Å²) in [5, 5.41) is 3.80. The molecule has 1 saturated carbocycles. The van der Waals surface area contributed by atoms with Gasteiger partial charge in [-0.25, -0.2) is 4.39 Å². The smallest absolute Gasteiger partial charge is 0.126 e. The van der Waals surface area contributed by atoms with Crippen LogP contribution in [-0.2, 0) is 6.42 Å². The first-order chi connectivity index (χ1) is 9.24. The molecule has 0 spiro atoms. The van der Waals surface area contributed by atoms with Crippen molar-refractivity contribution in [2.45, 2.75) is 64.0 Å². The van der Waals surface area contributed by atoms with Gasteiger partial charge in [-0.1, -0.05) is 31.9 Å². The number of hydrogen-bond donors (Lipinski definition) is 1. The van der Waals surface area contributed by atoms with Crippen LogP contribution in [0.3, 0.4) is 0 Å². The molecule has 0 aliphatic heterocycles. The molecular formula is C17H24FN. The summed E-state index contributed by atoms with van der Waals surface area (Å²) in [4.78, 5) is 0. The first-order valence-corrected chi connectivity index (χ1v) is 7.77. The molecule has 2 aliphatic carbocycles. The second-order valence-corrected chi connectivity index (χ2v) is 6.38. The Hall–Kier alpha value is -0.890. The Morgan fingerprint density at radius 1 is 1.11 bits per heavy atom. The number of nitrogens with one attached hydrogen (secondary N) is 1. The molecule has 1 aromatic rings. The lowest BCUT2D eigenvalue weighted by atomic mass is 10.0. The first kappa shape index (κ1) is 13.1. The third-order valence-electron chi connectivity index (χ3n) is 4.91. The van der Waals surface area contributed by atoms with E-state index in [1.165, 1.54) is 37.7 Å². The van der Waals surface area contributed by atoms with Crippen LogP contribution in [0.2, 0.25) is 0 Å². The summed E-state index contributed by atoms with van der Waals surface area (Å²) in [5.41, 5.74) is 2.15. The summed E-state index contributed by atoms with van der Waals surface area (Å²) < 4.78 is 13.7. The van der Waals surface area contributed by atoms with E-state index in [0.29, 0.717) is 12.1 Å². The van der Waals surface area contributed by atoms with E-state index in [-0.39, 0.29) is 5.82 Å². The minimum Gasteiger partial charge on any atom is -0.307 e. The molecule has 0 amide bonds. The van der Waals surface area contributed by atoms with Crippen molar-refractivity contribution in [2.24, 2.45) is 5.92 Å². The van der Waals surface area contributed by atoms with Gasteiger partial charge < -0.3 is 5.32 Å². The van der Waals surface area contributed by atoms with Crippen LogP contribution in [-0.4, -0.2) is 6.04 Å². The molecule has 2 heteroatoms. The van der Waals surface area contributed by atoms with Gasteiger partial charge in [-0.3, -0.25) is 0 Å². The summed E-state index contributed by atoms with van der Waals surface area (Å²) in [6.45, 7) is 2.36. The fourth-order valence-electron chi connectivity index (χ4n) is 3.72. The number of halogens is 1. The van der Waals surface area contributed by atoms with Gasteiger partial charge in [0, 0.05) is 12.1 Å². The van der Waals surface area contributed by atoms with E-state index >= 15 is 0 Å². The normalized spacial score (nSPS) is 30.9. The average Bonchev–Trinajstić information content (AvgIpc) is 2.69. The van der Waals surface area contributed by atoms with E-state index in [9.17, 15) is 4.39 Å². The molecule has 3 rings (SSSR count). The molecule has 104 valence electrons. The Bertz CT molecular complexity index is 443. The van der Waals surface area contributed by atoms with Gasteiger partial charge in [0.1, 0.15) is 5.82 Å². The lowest BCUT2D eigenvalue weighted by Crippen LogP contribution is -2.31. The van der Waals surface area contributed by atoms with Gasteiger partial charge in [0.05, 0.1) is 0 Å². The molecule has 1 nitrogen and oxygen atoms in total. The maximum atomic E-state index is 13.7. The first-order valence-electron chi connectivity index (χ1n) is 7.77. The fourth-order valence-corrected chi connectivity index (χ4v) is 3.72. The molecule has 0 saturated heterocycles. The Morgan fingerprint density at radius 2 is 2.00 bits per heavy atom. The van der Waals surface area contributed by atoms with Crippen LogP contribution < -0.4 is 5.32 Å². The van der Waals surface area contributed by atoms with Gasteiger partial charge in [-0.05, 0) is 55.2 Å². The predicted octanol–water partition coefficient (Wildman–Crippen LogP) is 4.37. The highest BCUT2D eigenvalue weighted by Crippen LogP contribution is 2.34. The van der Waals surface area contributed by atoms with E-state index in [1.54, 1.807) is 6.07 Å². The second-order valence-electron chi connectivity index (χ2n) is 6.38. The highest BCUT2D eigenvalue weighted by atomic mass is 19.1. The van der Waals surface area contributed by atoms with Gasteiger partial charge in [0.15, 0.2) is 0 Å². The Labute approximate surface area is 115 Å². The highest BCUT2D eigenvalue weighted by molar-refractivity contribution is 5.35. The molecule has 0 heterocycles. The van der Waals surface area contributed by atoms with Gasteiger partial charge in [0.2, 0.25) is 0 Å². The van der Waals surface area contributed by atoms with Crippen molar-refractivity contribution in [1.82, 2.24) is 5.32 Å². The van der Waals surface area contributed by atoms with Gasteiger partial charge in [-0.15, -0.1) is 0 Å². The van der Waals surface area contributed by atoms with Crippen molar-refractivity contribution in [3.05, 3.63) is 35.1 Å². The summed E-state index contributed by atoms with van der Waals surface area (Å²) in [7, 11) is 0. The SMILES string of the molecule is CC1CCCC(NC2CCc3c(F)cccc32)CC1. The predicted molar refractivity (Wildman–Crippen MR) is 76.6 cm³/mol. The zero-order chi connectivity index (χ0) is 13.2. The minimum atomic E-state index is -0.0173. The van der Waals surface area contributed by atoms with Crippen LogP contribution >= 0.6 is 0 Å². The standard InChI is InChI=1S/C17H24FN/c1-12-4-2-5-13(9-8-12)19-17-11-10-14-15(17)6-3-7-16(14)18/h3,6-7,12-13,17,19H,2,4-5,8-11H2,1H3. The fraction of sp³-hybridized carbons (Fsp3) is 0.647. The summed E-state index contributed by atoms with van der Waals surface area (Å²) in [5.74, 6) is 0.858. The zero-order valence-corrected chi connectivity index (χ0v) is 11.8. The lowest BCUT2D eigenvalue weighted by Gasteiger charge is -2.22. The molecule has 0 aromatic heterocycles. The molecule has 19 heavy (non-hydrogen) atoms. The van der Waals surface area contributed by atoms with Crippen LogP contribution in [0.15, 0.2) is 18.2 Å². The molecule has 1 aromatic carbocycles. The lowest BCUT2D eigenvalue weighted by molar-refractivity contribution is 0.392. The van der Waals surface area contributed by atoms with E-state index in [4.69, 9.17) is 0 Å². The van der Waals surface area contributed by atoms with E-state index < -0.39 is 0 Å². The number of hydrogen-bond acceptors (Lipinski definition) is 1. The third-order valence-corrected chi connectivity index (χ3v) is 4.91. The van der Waals surface area contributed by atoms with Crippen LogP contribution in [0.4, 0.5) is 4.39 Å². The van der Waals surface area contributed by atoms with Gasteiger partial charge in [0.25, 0.3) is 0 Å². The molecule has 3 unspecified atom stereocenters. The molecule has 1 N–H and O–H groups in total. The third kappa shape index (κ3) is 2.84. The van der Waals surface area contributed by atoms with E-state index in [0.717, 1.165) is 24.3 Å². The number of benzene rings is 1. The van der Waals surface area contributed by atoms with Crippen LogP contribution in [0.25, 0.3) is 0 Å². The van der Waals surface area contributed by atoms with E-state index in [1.807, 2.05) is 6.07 Å². The topological polar surface area (TPSA) is 12.0 Å². The van der Waals surface area contributed by atoms with E-state index in [2.05, 4.69) is 18.3 Å². The molecule has 3 atom stereocenters. The Morgan fingerprint density at radius 3 is 2.89 bits per heavy atom. The van der Waals surface area contributed by atoms with Gasteiger partial charge in [-0.2, -0.15) is 0 Å². The van der Waals surface area contributed by atoms with Gasteiger partial charge >= 0.3 is 0 Å². The van der Waals surface area contributed by atoms with Crippen molar-refractivity contribution in [3.63, 3.8) is 0 Å². The monoisotopic (exact) mass is 261 g/mol. The molecule has 1 fully saturated rings.